The number of likely N-dealkylation sites (tertiary alicyclic amines) is 2. The van der Waals surface area contributed by atoms with Gasteiger partial charge in [-0.15, -0.1) is 0 Å². The lowest BCUT2D eigenvalue weighted by Crippen LogP contribution is -3.02. The second-order valence-corrected chi connectivity index (χ2v) is 7.79. The van der Waals surface area contributed by atoms with E-state index in [-0.39, 0.29) is 0 Å². The molecule has 21 heavy (non-hydrogen) atoms. The summed E-state index contributed by atoms with van der Waals surface area (Å²) >= 11 is 0. The Hall–Kier alpha value is -0.610. The molecule has 0 aromatic rings. The van der Waals surface area contributed by atoms with Crippen molar-refractivity contribution in [3.63, 3.8) is 0 Å². The number of nitrogens with zero attached hydrogens (tertiary/aromatic N) is 3. The second kappa shape index (κ2) is 5.54. The molecule has 0 bridgehead atoms. The van der Waals surface area contributed by atoms with Crippen LogP contribution in [0, 0.1) is 11.8 Å². The summed E-state index contributed by atoms with van der Waals surface area (Å²) in [6.07, 6.45) is 10.3. The minimum Gasteiger partial charge on any atom is -0.363 e. The third-order valence-corrected chi connectivity index (χ3v) is 6.59. The molecule has 3 saturated heterocycles. The molecule has 5 unspecified atom stereocenters. The van der Waals surface area contributed by atoms with Crippen molar-refractivity contribution < 1.29 is 5.32 Å². The van der Waals surface area contributed by atoms with Crippen molar-refractivity contribution in [2.75, 3.05) is 27.2 Å². The molecular formula is C17H31N4+. The van der Waals surface area contributed by atoms with Gasteiger partial charge in [-0.2, -0.15) is 0 Å². The number of rotatable bonds is 1. The molecular weight excluding hydrogens is 260 g/mol. The van der Waals surface area contributed by atoms with E-state index in [4.69, 9.17) is 4.99 Å². The highest BCUT2D eigenvalue weighted by atomic mass is 15.3. The van der Waals surface area contributed by atoms with Crippen LogP contribution in [0.3, 0.4) is 0 Å². The first kappa shape index (κ1) is 14.0. The molecule has 4 aliphatic rings. The van der Waals surface area contributed by atoms with Gasteiger partial charge in [0.15, 0.2) is 0 Å². The summed E-state index contributed by atoms with van der Waals surface area (Å²) < 4.78 is 0. The summed E-state index contributed by atoms with van der Waals surface area (Å²) in [6.45, 7) is 2.47. The molecule has 0 radical (unpaired) electrons. The van der Waals surface area contributed by atoms with Gasteiger partial charge in [0.05, 0.1) is 17.9 Å². The molecule has 118 valence electrons. The van der Waals surface area contributed by atoms with Crippen LogP contribution in [0.25, 0.3) is 0 Å². The molecule has 5 atom stereocenters. The van der Waals surface area contributed by atoms with Crippen LogP contribution in [0.2, 0.25) is 0 Å². The standard InChI is InChI=1S/C17H30N4/c1-20-10-5-8-15(20)19-16-12-6-3-4-7-14(12)18-17-13(16)9-11-21(17)2/h12-14,16-18H,3-11H2,1-2H3/p+1. The van der Waals surface area contributed by atoms with E-state index in [1.165, 1.54) is 63.9 Å². The topological polar surface area (TPSA) is 35.5 Å². The van der Waals surface area contributed by atoms with Gasteiger partial charge in [-0.1, -0.05) is 6.42 Å². The fraction of sp³-hybridized carbons (Fsp3) is 0.941. The van der Waals surface area contributed by atoms with Gasteiger partial charge in [-0.05, 0) is 39.2 Å². The minimum atomic E-state index is 0.603. The molecule has 4 fully saturated rings. The molecule has 0 amide bonds. The molecule has 1 aliphatic carbocycles. The van der Waals surface area contributed by atoms with Gasteiger partial charge in [-0.3, -0.25) is 9.89 Å². The summed E-state index contributed by atoms with van der Waals surface area (Å²) in [6, 6.07) is 1.44. The normalized spacial score (nSPS) is 45.9. The molecule has 0 aromatic carbocycles. The third kappa shape index (κ3) is 2.40. The van der Waals surface area contributed by atoms with Crippen LogP contribution in [-0.4, -0.2) is 61.1 Å². The molecule has 4 rings (SSSR count). The first-order valence-corrected chi connectivity index (χ1v) is 9.07. The number of fused-ring (bicyclic) bond motifs is 2. The maximum absolute atomic E-state index is 5.37. The van der Waals surface area contributed by atoms with E-state index >= 15 is 0 Å². The minimum absolute atomic E-state index is 0.603. The van der Waals surface area contributed by atoms with Crippen LogP contribution < -0.4 is 5.32 Å². The summed E-state index contributed by atoms with van der Waals surface area (Å²) in [7, 11) is 4.55. The molecule has 0 spiro atoms. The third-order valence-electron chi connectivity index (χ3n) is 6.59. The van der Waals surface area contributed by atoms with E-state index in [0.29, 0.717) is 12.2 Å². The fourth-order valence-electron chi connectivity index (χ4n) is 5.40. The Morgan fingerprint density at radius 1 is 1.00 bits per heavy atom. The summed E-state index contributed by atoms with van der Waals surface area (Å²) in [5.41, 5.74) is 0. The van der Waals surface area contributed by atoms with E-state index in [9.17, 15) is 0 Å². The average Bonchev–Trinajstić information content (AvgIpc) is 3.06. The first-order chi connectivity index (χ1) is 10.2. The van der Waals surface area contributed by atoms with E-state index in [1.807, 2.05) is 0 Å². The Kier molecular flexibility index (Phi) is 3.70. The lowest BCUT2D eigenvalue weighted by Gasteiger charge is -2.44. The molecule has 1 saturated carbocycles. The number of hydrogen-bond acceptors (Lipinski definition) is 2. The number of piperidine rings is 1. The number of nitrogens with two attached hydrogens (primary N) is 1. The van der Waals surface area contributed by atoms with Crippen molar-refractivity contribution >= 4 is 5.84 Å². The van der Waals surface area contributed by atoms with Crippen LogP contribution in [0.5, 0.6) is 0 Å². The SMILES string of the molecule is CN1CCCC1=NC1C2CCCCC2[NH2+]C2C1CCN2C. The summed E-state index contributed by atoms with van der Waals surface area (Å²) in [4.78, 5) is 10.4. The number of hydrogen-bond donors (Lipinski definition) is 1. The van der Waals surface area contributed by atoms with Crippen LogP contribution in [0.15, 0.2) is 4.99 Å². The monoisotopic (exact) mass is 291 g/mol. The van der Waals surface area contributed by atoms with Crippen molar-refractivity contribution in [3.05, 3.63) is 0 Å². The van der Waals surface area contributed by atoms with Gasteiger partial charge >= 0.3 is 0 Å². The Morgan fingerprint density at radius 2 is 1.86 bits per heavy atom. The first-order valence-electron chi connectivity index (χ1n) is 9.07. The maximum atomic E-state index is 5.37. The molecule has 2 N–H and O–H groups in total. The molecule has 4 nitrogen and oxygen atoms in total. The average molecular weight is 291 g/mol. The highest BCUT2D eigenvalue weighted by Gasteiger charge is 2.52. The maximum Gasteiger partial charge on any atom is 0.147 e. The van der Waals surface area contributed by atoms with Crippen molar-refractivity contribution in [2.24, 2.45) is 16.8 Å². The zero-order valence-electron chi connectivity index (χ0n) is 13.7. The zero-order valence-corrected chi connectivity index (χ0v) is 13.7. The van der Waals surface area contributed by atoms with Crippen LogP contribution in [0.1, 0.15) is 44.9 Å². The fourth-order valence-corrected chi connectivity index (χ4v) is 5.40. The van der Waals surface area contributed by atoms with Crippen molar-refractivity contribution in [3.8, 4) is 0 Å². The van der Waals surface area contributed by atoms with Gasteiger partial charge < -0.3 is 10.2 Å². The van der Waals surface area contributed by atoms with Gasteiger partial charge in [0.25, 0.3) is 0 Å². The van der Waals surface area contributed by atoms with Gasteiger partial charge in [0.2, 0.25) is 0 Å². The van der Waals surface area contributed by atoms with E-state index in [0.717, 1.165) is 17.9 Å². The van der Waals surface area contributed by atoms with Crippen molar-refractivity contribution in [1.82, 2.24) is 9.80 Å². The quantitative estimate of drug-likeness (QED) is 0.779. The lowest BCUT2D eigenvalue weighted by molar-refractivity contribution is -0.759. The van der Waals surface area contributed by atoms with Crippen LogP contribution in [0.4, 0.5) is 0 Å². The molecule has 4 heteroatoms. The smallest absolute Gasteiger partial charge is 0.147 e. The Morgan fingerprint density at radius 3 is 2.67 bits per heavy atom. The predicted molar refractivity (Wildman–Crippen MR) is 85.3 cm³/mol. The lowest BCUT2D eigenvalue weighted by atomic mass is 9.71. The summed E-state index contributed by atoms with van der Waals surface area (Å²) in [5, 5.41) is 2.72. The van der Waals surface area contributed by atoms with Crippen LogP contribution in [-0.2, 0) is 0 Å². The van der Waals surface area contributed by atoms with Crippen molar-refractivity contribution in [1.29, 1.82) is 0 Å². The zero-order chi connectivity index (χ0) is 14.4. The Bertz CT molecular complexity index is 417. The second-order valence-electron chi connectivity index (χ2n) is 7.79. The van der Waals surface area contributed by atoms with Crippen molar-refractivity contribution in [2.45, 2.75) is 63.2 Å². The van der Waals surface area contributed by atoms with E-state index in [1.54, 1.807) is 0 Å². The molecule has 0 aromatic heterocycles. The molecule has 3 aliphatic heterocycles. The highest BCUT2D eigenvalue weighted by Crippen LogP contribution is 2.38. The Balaban J connectivity index is 1.63. The van der Waals surface area contributed by atoms with Gasteiger partial charge in [0.1, 0.15) is 6.17 Å². The Labute approximate surface area is 129 Å². The van der Waals surface area contributed by atoms with Gasteiger partial charge in [0, 0.05) is 38.4 Å². The molecule has 3 heterocycles. The number of amidine groups is 1. The highest BCUT2D eigenvalue weighted by molar-refractivity contribution is 5.84. The van der Waals surface area contributed by atoms with E-state index < -0.39 is 0 Å². The summed E-state index contributed by atoms with van der Waals surface area (Å²) in [5.74, 6) is 3.03. The van der Waals surface area contributed by atoms with E-state index in [2.05, 4.69) is 29.2 Å². The largest absolute Gasteiger partial charge is 0.363 e. The predicted octanol–water partition coefficient (Wildman–Crippen LogP) is 0.893. The van der Waals surface area contributed by atoms with Gasteiger partial charge in [-0.25, -0.2) is 0 Å². The van der Waals surface area contributed by atoms with Crippen LogP contribution >= 0.6 is 0 Å². The number of aliphatic imine (C=N–C) groups is 1. The number of quaternary nitrogens is 1.